The van der Waals surface area contributed by atoms with Crippen LogP contribution in [0.4, 0.5) is 0 Å². The smallest absolute Gasteiger partial charge is 0.307 e. The second-order valence-electron chi connectivity index (χ2n) is 6.92. The zero-order chi connectivity index (χ0) is 21.7. The summed E-state index contributed by atoms with van der Waals surface area (Å²) in [4.78, 5) is 47.9. The molecule has 9 heteroatoms. The molecule has 0 saturated heterocycles. The van der Waals surface area contributed by atoms with Gasteiger partial charge in [0, 0.05) is 11.1 Å². The topological polar surface area (TPSA) is 175 Å². The predicted octanol–water partition coefficient (Wildman–Crippen LogP) is 0.583. The summed E-state index contributed by atoms with van der Waals surface area (Å²) in [5.74, 6) is -5.47. The molecular weight excluding hydrogens is 382 g/mol. The van der Waals surface area contributed by atoms with Crippen molar-refractivity contribution < 1.29 is 39.6 Å². The van der Waals surface area contributed by atoms with Crippen molar-refractivity contribution in [3.63, 3.8) is 0 Å². The average Bonchev–Trinajstić information content (AvgIpc) is 2.58. The van der Waals surface area contributed by atoms with Crippen molar-refractivity contribution in [2.45, 2.75) is 25.4 Å². The molecule has 0 fully saturated rings. The number of ketones is 2. The first kappa shape index (κ1) is 20.0. The normalized spacial score (nSPS) is 17.4. The van der Waals surface area contributed by atoms with Crippen molar-refractivity contribution in [1.29, 1.82) is 0 Å². The number of carbonyl (C=O) groups excluding carboxylic acids is 3. The quantitative estimate of drug-likeness (QED) is 0.358. The molecule has 9 nitrogen and oxygen atoms in total. The van der Waals surface area contributed by atoms with Crippen molar-refractivity contribution >= 4 is 23.4 Å². The molecule has 0 radical (unpaired) electrons. The molecule has 1 atom stereocenters. The molecule has 0 aromatic heterocycles. The molecule has 2 aromatic rings. The number of carbonyl (C=O) groups is 4. The summed E-state index contributed by atoms with van der Waals surface area (Å²) in [6.45, 7) is 1.31. The maximum Gasteiger partial charge on any atom is 0.307 e. The molecule has 1 aliphatic carbocycles. The summed E-state index contributed by atoms with van der Waals surface area (Å²) in [5, 5.41) is 41.2. The molecule has 0 aliphatic heterocycles. The van der Waals surface area contributed by atoms with Crippen LogP contribution in [0.3, 0.4) is 0 Å². The van der Waals surface area contributed by atoms with Crippen molar-refractivity contribution in [3.8, 4) is 11.5 Å². The van der Waals surface area contributed by atoms with Gasteiger partial charge in [0.15, 0.2) is 5.78 Å². The SMILES string of the molecule is CC1(O)c2cccc(O)c2C(=O)c2c1cc(CC(=O)O)c(C(=O)CC(N)=O)c2O. The van der Waals surface area contributed by atoms with Crippen LogP contribution >= 0.6 is 0 Å². The zero-order valence-electron chi connectivity index (χ0n) is 15.2. The van der Waals surface area contributed by atoms with Crippen molar-refractivity contribution in [2.75, 3.05) is 0 Å². The molecule has 29 heavy (non-hydrogen) atoms. The van der Waals surface area contributed by atoms with Gasteiger partial charge in [-0.15, -0.1) is 0 Å². The molecule has 2 aromatic carbocycles. The number of primary amides is 1. The first-order valence-electron chi connectivity index (χ1n) is 8.49. The van der Waals surface area contributed by atoms with E-state index in [0.717, 1.165) is 6.07 Å². The summed E-state index contributed by atoms with van der Waals surface area (Å²) < 4.78 is 0. The number of aromatic hydroxyl groups is 2. The molecule has 1 aliphatic rings. The average molecular weight is 399 g/mol. The van der Waals surface area contributed by atoms with Crippen molar-refractivity contribution in [2.24, 2.45) is 5.73 Å². The number of Topliss-reactive ketones (excluding diaryl/α,β-unsaturated/α-hetero) is 1. The van der Waals surface area contributed by atoms with Gasteiger partial charge in [0.1, 0.15) is 17.1 Å². The third-order valence-corrected chi connectivity index (χ3v) is 4.88. The Hall–Kier alpha value is -3.72. The highest BCUT2D eigenvalue weighted by Crippen LogP contribution is 2.47. The summed E-state index contributed by atoms with van der Waals surface area (Å²) in [7, 11) is 0. The Morgan fingerprint density at radius 1 is 1.10 bits per heavy atom. The molecule has 0 saturated carbocycles. The Morgan fingerprint density at radius 3 is 2.34 bits per heavy atom. The molecule has 1 amide bonds. The lowest BCUT2D eigenvalue weighted by Gasteiger charge is -2.34. The molecule has 1 unspecified atom stereocenters. The van der Waals surface area contributed by atoms with Gasteiger partial charge in [0.2, 0.25) is 11.7 Å². The molecule has 0 spiro atoms. The Labute approximate surface area is 164 Å². The van der Waals surface area contributed by atoms with E-state index in [0.29, 0.717) is 0 Å². The summed E-state index contributed by atoms with van der Waals surface area (Å²) in [6.07, 6.45) is -1.52. The van der Waals surface area contributed by atoms with Crippen LogP contribution in [-0.4, -0.2) is 43.9 Å². The van der Waals surface area contributed by atoms with E-state index in [4.69, 9.17) is 5.73 Å². The van der Waals surface area contributed by atoms with Crippen LogP contribution in [-0.2, 0) is 21.6 Å². The number of aliphatic carboxylic acids is 1. The van der Waals surface area contributed by atoms with Crippen LogP contribution in [0, 0.1) is 0 Å². The Kier molecular flexibility index (Phi) is 4.63. The minimum absolute atomic E-state index is 0.0619. The summed E-state index contributed by atoms with van der Waals surface area (Å²) in [6, 6.07) is 5.20. The van der Waals surface area contributed by atoms with Gasteiger partial charge < -0.3 is 26.2 Å². The van der Waals surface area contributed by atoms with Gasteiger partial charge in [-0.1, -0.05) is 18.2 Å². The van der Waals surface area contributed by atoms with E-state index < -0.39 is 64.5 Å². The van der Waals surface area contributed by atoms with Gasteiger partial charge >= 0.3 is 5.97 Å². The fraction of sp³-hybridized carbons (Fsp3) is 0.200. The van der Waals surface area contributed by atoms with Crippen LogP contribution in [0.15, 0.2) is 24.3 Å². The molecule has 0 heterocycles. The zero-order valence-corrected chi connectivity index (χ0v) is 15.2. The van der Waals surface area contributed by atoms with E-state index in [2.05, 4.69) is 0 Å². The van der Waals surface area contributed by atoms with Gasteiger partial charge in [0.05, 0.1) is 29.5 Å². The van der Waals surface area contributed by atoms with Crippen molar-refractivity contribution in [3.05, 3.63) is 57.6 Å². The third kappa shape index (κ3) is 3.11. The standard InChI is InChI=1S/C20H17NO8/c1-20(29)9-3-2-4-11(22)16(9)19(28)17-10(20)5-8(6-14(25)26)15(18(17)27)12(23)7-13(21)24/h2-5,22,27,29H,6-7H2,1H3,(H2,21,24)(H,25,26). The number of carboxylic acid groups (broad SMARTS) is 1. The first-order valence-corrected chi connectivity index (χ1v) is 8.49. The van der Waals surface area contributed by atoms with Crippen LogP contribution in [0.5, 0.6) is 11.5 Å². The Morgan fingerprint density at radius 2 is 1.76 bits per heavy atom. The van der Waals surface area contributed by atoms with E-state index in [1.807, 2.05) is 0 Å². The maximum absolute atomic E-state index is 13.0. The lowest BCUT2D eigenvalue weighted by Crippen LogP contribution is -2.34. The Bertz CT molecular complexity index is 1100. The van der Waals surface area contributed by atoms with Crippen LogP contribution in [0.2, 0.25) is 0 Å². The number of hydrogen-bond acceptors (Lipinski definition) is 7. The summed E-state index contributed by atoms with van der Waals surface area (Å²) >= 11 is 0. The molecular formula is C20H17NO8. The third-order valence-electron chi connectivity index (χ3n) is 4.88. The van der Waals surface area contributed by atoms with Crippen LogP contribution in [0.25, 0.3) is 0 Å². The molecule has 150 valence electrons. The molecule has 6 N–H and O–H groups in total. The number of hydrogen-bond donors (Lipinski definition) is 5. The predicted molar refractivity (Wildman–Crippen MR) is 97.8 cm³/mol. The molecule has 3 rings (SSSR count). The second kappa shape index (κ2) is 6.71. The van der Waals surface area contributed by atoms with E-state index in [1.54, 1.807) is 0 Å². The Balaban J connectivity index is 2.38. The van der Waals surface area contributed by atoms with Gasteiger partial charge in [0.25, 0.3) is 0 Å². The number of phenolic OH excluding ortho intramolecular Hbond substituents is 2. The maximum atomic E-state index is 13.0. The number of fused-ring (bicyclic) bond motifs is 2. The second-order valence-corrected chi connectivity index (χ2v) is 6.92. The minimum Gasteiger partial charge on any atom is -0.507 e. The number of rotatable bonds is 5. The van der Waals surface area contributed by atoms with Gasteiger partial charge in [-0.2, -0.15) is 0 Å². The van der Waals surface area contributed by atoms with Crippen LogP contribution in [0.1, 0.15) is 56.3 Å². The number of benzene rings is 2. The monoisotopic (exact) mass is 399 g/mol. The molecule has 0 bridgehead atoms. The largest absolute Gasteiger partial charge is 0.507 e. The minimum atomic E-state index is -1.88. The van der Waals surface area contributed by atoms with E-state index >= 15 is 0 Å². The lowest BCUT2D eigenvalue weighted by atomic mass is 9.72. The number of nitrogens with two attached hydrogens (primary N) is 1. The first-order chi connectivity index (χ1) is 13.5. The highest BCUT2D eigenvalue weighted by molar-refractivity contribution is 6.19. The van der Waals surface area contributed by atoms with E-state index in [-0.39, 0.29) is 22.3 Å². The fourth-order valence-corrected chi connectivity index (χ4v) is 3.65. The summed E-state index contributed by atoms with van der Waals surface area (Å²) in [5.41, 5.74) is 1.66. The number of phenols is 2. The van der Waals surface area contributed by atoms with Gasteiger partial charge in [-0.3, -0.25) is 19.2 Å². The van der Waals surface area contributed by atoms with Gasteiger partial charge in [-0.25, -0.2) is 0 Å². The van der Waals surface area contributed by atoms with E-state index in [1.165, 1.54) is 25.1 Å². The number of amides is 1. The van der Waals surface area contributed by atoms with Crippen LogP contribution < -0.4 is 5.73 Å². The number of aliphatic hydroxyl groups is 1. The highest BCUT2D eigenvalue weighted by atomic mass is 16.4. The van der Waals surface area contributed by atoms with Gasteiger partial charge in [-0.05, 0) is 18.6 Å². The van der Waals surface area contributed by atoms with E-state index in [9.17, 15) is 39.6 Å². The highest BCUT2D eigenvalue weighted by Gasteiger charge is 2.43. The fourth-order valence-electron chi connectivity index (χ4n) is 3.65. The van der Waals surface area contributed by atoms with Crippen molar-refractivity contribution in [1.82, 2.24) is 0 Å². The number of carboxylic acids is 1. The lowest BCUT2D eigenvalue weighted by molar-refractivity contribution is -0.136.